The van der Waals surface area contributed by atoms with E-state index in [0.29, 0.717) is 11.6 Å². The first-order chi connectivity index (χ1) is 12.8. The normalized spacial score (nSPS) is 17.5. The molecule has 2 aromatic rings. The van der Waals surface area contributed by atoms with Crippen LogP contribution < -0.4 is 9.80 Å². The van der Waals surface area contributed by atoms with Crippen molar-refractivity contribution in [3.63, 3.8) is 0 Å². The molecule has 0 amide bonds. The molecule has 2 aliphatic rings. The smallest absolute Gasteiger partial charge is 0.351 e. The minimum atomic E-state index is -0.313. The number of benzene rings is 1. The molecule has 0 spiro atoms. The lowest BCUT2D eigenvalue weighted by Gasteiger charge is -2.31. The third-order valence-electron chi connectivity index (χ3n) is 5.24. The van der Waals surface area contributed by atoms with Gasteiger partial charge in [0.1, 0.15) is 6.33 Å². The number of hydrogen-bond acceptors (Lipinski definition) is 6. The van der Waals surface area contributed by atoms with Crippen LogP contribution in [0.3, 0.4) is 0 Å². The Bertz CT molecular complexity index is 802. The molecular formula is C19H23N5O2. The number of fused-ring (bicyclic) bond motifs is 1. The summed E-state index contributed by atoms with van der Waals surface area (Å²) < 4.78 is 0. The molecule has 0 saturated carbocycles. The summed E-state index contributed by atoms with van der Waals surface area (Å²) in [4.78, 5) is 24.4. The predicted octanol–water partition coefficient (Wildman–Crippen LogP) is 3.85. The van der Waals surface area contributed by atoms with Gasteiger partial charge in [0.2, 0.25) is 11.6 Å². The van der Waals surface area contributed by atoms with E-state index in [1.165, 1.54) is 24.7 Å². The zero-order valence-electron chi connectivity index (χ0n) is 14.8. The molecule has 2 aliphatic heterocycles. The second kappa shape index (κ2) is 7.27. The molecule has 1 aromatic heterocycles. The molecule has 7 nitrogen and oxygen atoms in total. The van der Waals surface area contributed by atoms with Crippen LogP contribution in [0.25, 0.3) is 0 Å². The summed E-state index contributed by atoms with van der Waals surface area (Å²) >= 11 is 0. The van der Waals surface area contributed by atoms with Crippen LogP contribution in [-0.2, 0) is 6.42 Å². The maximum absolute atomic E-state index is 12.0. The molecule has 4 rings (SSSR count). The van der Waals surface area contributed by atoms with Gasteiger partial charge in [-0.25, -0.2) is 9.97 Å². The van der Waals surface area contributed by atoms with Crippen molar-refractivity contribution in [2.75, 3.05) is 29.4 Å². The SMILES string of the molecule is O=[N+]([O-])c1c(N2CCCCCC2)ncnc1N1CCCc2ccccc21. The Balaban J connectivity index is 1.80. The van der Waals surface area contributed by atoms with Crippen LogP contribution in [0.1, 0.15) is 37.7 Å². The van der Waals surface area contributed by atoms with E-state index in [1.54, 1.807) is 0 Å². The molecule has 0 unspecified atom stereocenters. The van der Waals surface area contributed by atoms with E-state index in [-0.39, 0.29) is 10.6 Å². The average molecular weight is 353 g/mol. The summed E-state index contributed by atoms with van der Waals surface area (Å²) in [5.74, 6) is 0.876. The van der Waals surface area contributed by atoms with Gasteiger partial charge in [-0.2, -0.15) is 0 Å². The molecule has 26 heavy (non-hydrogen) atoms. The first-order valence-corrected chi connectivity index (χ1v) is 9.35. The average Bonchev–Trinajstić information content (AvgIpc) is 2.96. The van der Waals surface area contributed by atoms with Gasteiger partial charge in [-0.1, -0.05) is 31.0 Å². The molecule has 1 saturated heterocycles. The van der Waals surface area contributed by atoms with Crippen LogP contribution in [0, 0.1) is 10.1 Å². The van der Waals surface area contributed by atoms with Crippen molar-refractivity contribution in [2.24, 2.45) is 0 Å². The minimum Gasteiger partial charge on any atom is -0.351 e. The Hall–Kier alpha value is -2.70. The van der Waals surface area contributed by atoms with Crippen LogP contribution in [0.5, 0.6) is 0 Å². The maximum Gasteiger partial charge on any atom is 0.353 e. The first-order valence-electron chi connectivity index (χ1n) is 9.35. The number of nitro groups is 1. The predicted molar refractivity (Wildman–Crippen MR) is 101 cm³/mol. The third-order valence-corrected chi connectivity index (χ3v) is 5.24. The fourth-order valence-electron chi connectivity index (χ4n) is 3.99. The van der Waals surface area contributed by atoms with Gasteiger partial charge in [-0.3, -0.25) is 10.1 Å². The molecule has 1 aromatic carbocycles. The number of aromatic nitrogens is 2. The topological polar surface area (TPSA) is 75.4 Å². The second-order valence-corrected chi connectivity index (χ2v) is 6.91. The maximum atomic E-state index is 12.0. The summed E-state index contributed by atoms with van der Waals surface area (Å²) in [5, 5.41) is 12.0. The Morgan fingerprint density at radius 3 is 2.42 bits per heavy atom. The largest absolute Gasteiger partial charge is 0.353 e. The zero-order chi connectivity index (χ0) is 17.9. The highest BCUT2D eigenvalue weighted by Crippen LogP contribution is 2.40. The van der Waals surface area contributed by atoms with Crippen molar-refractivity contribution in [1.82, 2.24) is 9.97 Å². The van der Waals surface area contributed by atoms with E-state index < -0.39 is 0 Å². The number of rotatable bonds is 3. The molecule has 0 atom stereocenters. The van der Waals surface area contributed by atoms with Crippen molar-refractivity contribution < 1.29 is 4.92 Å². The molecule has 0 N–H and O–H groups in total. The number of aryl methyl sites for hydroxylation is 1. The Labute approximate surface area is 152 Å². The summed E-state index contributed by atoms with van der Waals surface area (Å²) in [6.45, 7) is 2.36. The monoisotopic (exact) mass is 353 g/mol. The molecular weight excluding hydrogens is 330 g/mol. The molecule has 136 valence electrons. The van der Waals surface area contributed by atoms with Gasteiger partial charge in [-0.15, -0.1) is 0 Å². The fraction of sp³-hybridized carbons (Fsp3) is 0.474. The van der Waals surface area contributed by atoms with Crippen LogP contribution in [0.4, 0.5) is 23.0 Å². The van der Waals surface area contributed by atoms with Crippen LogP contribution >= 0.6 is 0 Å². The van der Waals surface area contributed by atoms with Crippen LogP contribution in [-0.4, -0.2) is 34.5 Å². The van der Waals surface area contributed by atoms with Crippen molar-refractivity contribution in [3.8, 4) is 0 Å². The third kappa shape index (κ3) is 3.09. The number of para-hydroxylation sites is 1. The quantitative estimate of drug-likeness (QED) is 0.616. The summed E-state index contributed by atoms with van der Waals surface area (Å²) in [5.41, 5.74) is 2.26. The first kappa shape index (κ1) is 16.8. The molecule has 3 heterocycles. The summed E-state index contributed by atoms with van der Waals surface area (Å²) in [6.07, 6.45) is 7.84. The van der Waals surface area contributed by atoms with Gasteiger partial charge < -0.3 is 9.80 Å². The lowest BCUT2D eigenvalue weighted by molar-refractivity contribution is -0.383. The van der Waals surface area contributed by atoms with Crippen molar-refractivity contribution in [1.29, 1.82) is 0 Å². The standard InChI is InChI=1S/C19H23N5O2/c25-24(26)17-18(22-11-5-1-2-6-12-22)20-14-21-19(17)23-13-7-9-15-8-3-4-10-16(15)23/h3-4,8,10,14H,1-2,5-7,9,11-13H2. The van der Waals surface area contributed by atoms with E-state index in [1.807, 2.05) is 23.1 Å². The van der Waals surface area contributed by atoms with E-state index in [0.717, 1.165) is 51.0 Å². The van der Waals surface area contributed by atoms with Crippen molar-refractivity contribution in [2.45, 2.75) is 38.5 Å². The molecule has 0 radical (unpaired) electrons. The number of hydrogen-bond donors (Lipinski definition) is 0. The number of anilines is 3. The lowest BCUT2D eigenvalue weighted by atomic mass is 10.0. The van der Waals surface area contributed by atoms with E-state index in [9.17, 15) is 10.1 Å². The fourth-order valence-corrected chi connectivity index (χ4v) is 3.99. The Morgan fingerprint density at radius 1 is 0.923 bits per heavy atom. The van der Waals surface area contributed by atoms with Crippen LogP contribution in [0.2, 0.25) is 0 Å². The molecule has 1 fully saturated rings. The molecule has 0 bridgehead atoms. The van der Waals surface area contributed by atoms with Gasteiger partial charge in [0.15, 0.2) is 0 Å². The lowest BCUT2D eigenvalue weighted by Crippen LogP contribution is -2.29. The highest BCUT2D eigenvalue weighted by molar-refractivity contribution is 5.77. The van der Waals surface area contributed by atoms with Crippen molar-refractivity contribution >= 4 is 23.0 Å². The minimum absolute atomic E-state index is 0.0334. The highest BCUT2D eigenvalue weighted by Gasteiger charge is 2.32. The van der Waals surface area contributed by atoms with Crippen LogP contribution in [0.15, 0.2) is 30.6 Å². The summed E-state index contributed by atoms with van der Waals surface area (Å²) in [7, 11) is 0. The summed E-state index contributed by atoms with van der Waals surface area (Å²) in [6, 6.07) is 8.09. The second-order valence-electron chi connectivity index (χ2n) is 6.91. The Morgan fingerprint density at radius 2 is 1.65 bits per heavy atom. The van der Waals surface area contributed by atoms with E-state index >= 15 is 0 Å². The number of nitrogens with zero attached hydrogens (tertiary/aromatic N) is 5. The highest BCUT2D eigenvalue weighted by atomic mass is 16.6. The van der Waals surface area contributed by atoms with E-state index in [2.05, 4.69) is 20.9 Å². The Kier molecular flexibility index (Phi) is 4.69. The van der Waals surface area contributed by atoms with Gasteiger partial charge >= 0.3 is 5.69 Å². The van der Waals surface area contributed by atoms with Gasteiger partial charge in [0.25, 0.3) is 0 Å². The van der Waals surface area contributed by atoms with E-state index in [4.69, 9.17) is 0 Å². The van der Waals surface area contributed by atoms with Gasteiger partial charge in [0, 0.05) is 25.3 Å². The molecule has 0 aliphatic carbocycles. The zero-order valence-corrected chi connectivity index (χ0v) is 14.8. The molecule has 7 heteroatoms. The van der Waals surface area contributed by atoms with Gasteiger partial charge in [0.05, 0.1) is 4.92 Å². The van der Waals surface area contributed by atoms with Gasteiger partial charge in [-0.05, 0) is 37.3 Å². The van der Waals surface area contributed by atoms with Crippen molar-refractivity contribution in [3.05, 3.63) is 46.3 Å².